The molecule has 4 aliphatic rings. The number of carbonyl (C=O) groups is 2. The molecule has 40 heavy (non-hydrogen) atoms. The monoisotopic (exact) mass is 544 g/mol. The molecule has 0 spiro atoms. The number of amides is 1. The SMILES string of the molecule is CC(C)(C)OC(=O)N[N@+]12C=CCc3c(C4CCCCC4)ccc(c31)-c1c(C(=O)O)c3c(n1CC2(C)C)CCC=C3. The highest BCUT2D eigenvalue weighted by Gasteiger charge is 2.55. The molecule has 1 aromatic carbocycles. The molecule has 0 bridgehead atoms. The van der Waals surface area contributed by atoms with E-state index in [1.165, 1.54) is 30.4 Å². The van der Waals surface area contributed by atoms with E-state index in [1.807, 2.05) is 26.8 Å². The van der Waals surface area contributed by atoms with E-state index in [2.05, 4.69) is 54.3 Å². The lowest BCUT2D eigenvalue weighted by Gasteiger charge is -2.47. The van der Waals surface area contributed by atoms with Crippen molar-refractivity contribution in [1.29, 1.82) is 0 Å². The summed E-state index contributed by atoms with van der Waals surface area (Å²) in [5.74, 6) is -0.442. The fourth-order valence-electron chi connectivity index (χ4n) is 7.58. The number of benzene rings is 1. The molecule has 6 rings (SSSR count). The first-order valence-corrected chi connectivity index (χ1v) is 14.8. The van der Waals surface area contributed by atoms with Gasteiger partial charge in [-0.15, -0.1) is 0 Å². The largest absolute Gasteiger partial charge is 0.478 e. The lowest BCUT2D eigenvalue weighted by atomic mass is 9.79. The number of carbonyl (C=O) groups excluding carboxylic acids is 1. The lowest BCUT2D eigenvalue weighted by Crippen LogP contribution is -2.70. The molecule has 1 amide bonds. The second kappa shape index (κ2) is 9.37. The highest BCUT2D eigenvalue weighted by molar-refractivity contribution is 6.03. The first kappa shape index (κ1) is 26.9. The first-order chi connectivity index (χ1) is 18.9. The molecule has 1 atom stereocenters. The van der Waals surface area contributed by atoms with Crippen LogP contribution in [-0.4, -0.2) is 32.9 Å². The second-order valence-electron chi connectivity index (χ2n) is 13.5. The zero-order chi connectivity index (χ0) is 28.4. The molecule has 1 fully saturated rings. The zero-order valence-corrected chi connectivity index (χ0v) is 24.5. The maximum Gasteiger partial charge on any atom is 0.453 e. The topological polar surface area (TPSA) is 80.6 Å². The fourth-order valence-corrected chi connectivity index (χ4v) is 7.58. The molecule has 2 aliphatic carbocycles. The van der Waals surface area contributed by atoms with Gasteiger partial charge in [-0.3, -0.25) is 0 Å². The van der Waals surface area contributed by atoms with E-state index in [4.69, 9.17) is 4.74 Å². The number of hydrogen-bond donors (Lipinski definition) is 2. The molecule has 2 N–H and O–H groups in total. The summed E-state index contributed by atoms with van der Waals surface area (Å²) in [5.41, 5.74) is 9.54. The van der Waals surface area contributed by atoms with E-state index >= 15 is 0 Å². The Morgan fingerprint density at radius 1 is 1.12 bits per heavy atom. The zero-order valence-electron chi connectivity index (χ0n) is 24.5. The molecular formula is C33H42N3O4+. The number of ether oxygens (including phenoxy) is 1. The number of aromatic carboxylic acids is 1. The fraction of sp³-hybridized carbons (Fsp3) is 0.515. The Morgan fingerprint density at radius 2 is 1.88 bits per heavy atom. The van der Waals surface area contributed by atoms with Crippen LogP contribution in [0.4, 0.5) is 10.5 Å². The van der Waals surface area contributed by atoms with Crippen molar-refractivity contribution in [1.82, 2.24) is 14.6 Å². The molecule has 0 saturated heterocycles. The number of fused-ring (bicyclic) bond motifs is 4. The van der Waals surface area contributed by atoms with Gasteiger partial charge in [-0.25, -0.2) is 9.59 Å². The van der Waals surface area contributed by atoms with Crippen LogP contribution in [0.5, 0.6) is 0 Å². The van der Waals surface area contributed by atoms with Gasteiger partial charge in [0.2, 0.25) is 0 Å². The van der Waals surface area contributed by atoms with Crippen molar-refractivity contribution in [3.63, 3.8) is 0 Å². The number of nitrogens with one attached hydrogen (secondary N) is 1. The van der Waals surface area contributed by atoms with E-state index in [9.17, 15) is 14.7 Å². The van der Waals surface area contributed by atoms with Crippen molar-refractivity contribution < 1.29 is 19.4 Å². The van der Waals surface area contributed by atoms with Crippen LogP contribution >= 0.6 is 0 Å². The minimum absolute atomic E-state index is 0.0818. The van der Waals surface area contributed by atoms with Gasteiger partial charge in [0.15, 0.2) is 5.69 Å². The van der Waals surface area contributed by atoms with Crippen LogP contribution < -0.4 is 10.0 Å². The first-order valence-electron chi connectivity index (χ1n) is 14.8. The number of allylic oxidation sites excluding steroid dienone is 2. The van der Waals surface area contributed by atoms with E-state index in [1.54, 1.807) is 0 Å². The standard InChI is InChI=1S/C33H41N3O4/c1-32(2,3)40-31(39)34-36-19-11-15-23-22(21-12-7-6-8-13-21)17-18-25(29(23)36)28-27(30(37)38)24-14-9-10-16-26(24)35(28)20-33(36,4)5/h9,11,14,17-19,21H,6-8,10,12-13,15-16,20H2,1-5H3,(H-,34,37,38,39)/p+1/t36-/m1/s1. The number of nitrogens with zero attached hydrogens (tertiary/aromatic N) is 2. The molecule has 0 unspecified atom stereocenters. The maximum absolute atomic E-state index is 13.5. The third kappa shape index (κ3) is 4.12. The van der Waals surface area contributed by atoms with Crippen molar-refractivity contribution in [3.05, 3.63) is 58.4 Å². The van der Waals surface area contributed by atoms with Crippen molar-refractivity contribution in [2.24, 2.45) is 0 Å². The highest BCUT2D eigenvalue weighted by atomic mass is 16.6. The minimum atomic E-state index is -0.911. The summed E-state index contributed by atoms with van der Waals surface area (Å²) in [7, 11) is 0. The molecule has 2 aliphatic heterocycles. The summed E-state index contributed by atoms with van der Waals surface area (Å²) >= 11 is 0. The molecule has 7 heteroatoms. The van der Waals surface area contributed by atoms with Crippen molar-refractivity contribution in [2.45, 2.75) is 110 Å². The Kier molecular flexibility index (Phi) is 6.30. The van der Waals surface area contributed by atoms with Gasteiger partial charge in [0.25, 0.3) is 0 Å². The summed E-state index contributed by atoms with van der Waals surface area (Å²) in [6.45, 7) is 10.5. The molecule has 212 valence electrons. The van der Waals surface area contributed by atoms with E-state index < -0.39 is 23.2 Å². The average molecular weight is 545 g/mol. The number of carboxylic acids is 1. The summed E-state index contributed by atoms with van der Waals surface area (Å²) in [5, 5.41) is 10.6. The average Bonchev–Trinajstić information content (AvgIpc) is 3.17. The Labute approximate surface area is 237 Å². The van der Waals surface area contributed by atoms with Crippen molar-refractivity contribution in [2.75, 3.05) is 0 Å². The lowest BCUT2D eigenvalue weighted by molar-refractivity contribution is 0.0239. The molecule has 7 nitrogen and oxygen atoms in total. The van der Waals surface area contributed by atoms with Gasteiger partial charge in [-0.2, -0.15) is 10.0 Å². The predicted molar refractivity (Wildman–Crippen MR) is 158 cm³/mol. The molecule has 2 aromatic rings. The summed E-state index contributed by atoms with van der Waals surface area (Å²) < 4.78 is 8.15. The molecule has 1 saturated carbocycles. The van der Waals surface area contributed by atoms with E-state index in [-0.39, 0.29) is 4.59 Å². The summed E-state index contributed by atoms with van der Waals surface area (Å²) in [4.78, 5) is 26.5. The summed E-state index contributed by atoms with van der Waals surface area (Å²) in [6.07, 6.45) is 16.3. The van der Waals surface area contributed by atoms with Crippen LogP contribution in [-0.2, 0) is 24.1 Å². The van der Waals surface area contributed by atoms with E-state index in [0.29, 0.717) is 18.0 Å². The normalized spacial score (nSPS) is 23.0. The number of hydrogen-bond acceptors (Lipinski definition) is 3. The smallest absolute Gasteiger partial charge is 0.453 e. The third-order valence-electron chi connectivity index (χ3n) is 9.25. The molecule has 3 heterocycles. The molecule has 1 aromatic heterocycles. The van der Waals surface area contributed by atoms with Gasteiger partial charge in [0.05, 0.1) is 23.4 Å². The van der Waals surface area contributed by atoms with Gasteiger partial charge in [0, 0.05) is 23.2 Å². The van der Waals surface area contributed by atoms with Gasteiger partial charge in [0.1, 0.15) is 17.3 Å². The Bertz CT molecular complexity index is 1450. The number of aromatic nitrogens is 1. The van der Waals surface area contributed by atoms with Crippen LogP contribution in [0, 0.1) is 0 Å². The molecule has 0 radical (unpaired) electrons. The number of quaternary nitrogens is 1. The van der Waals surface area contributed by atoms with Crippen molar-refractivity contribution in [3.8, 4) is 11.3 Å². The van der Waals surface area contributed by atoms with Crippen LogP contribution in [0.15, 0.2) is 30.5 Å². The minimum Gasteiger partial charge on any atom is -0.478 e. The van der Waals surface area contributed by atoms with Crippen LogP contribution in [0.25, 0.3) is 17.3 Å². The van der Waals surface area contributed by atoms with Gasteiger partial charge < -0.3 is 14.4 Å². The number of rotatable bonds is 3. The second-order valence-corrected chi connectivity index (χ2v) is 13.5. The Hall–Kier alpha value is -3.32. The predicted octanol–water partition coefficient (Wildman–Crippen LogP) is 7.47. The molecular weight excluding hydrogens is 502 g/mol. The Morgan fingerprint density at radius 3 is 2.58 bits per heavy atom. The van der Waals surface area contributed by atoms with Crippen molar-refractivity contribution >= 4 is 23.8 Å². The van der Waals surface area contributed by atoms with Gasteiger partial charge in [-0.05, 0) is 83.9 Å². The van der Waals surface area contributed by atoms with Crippen LogP contribution in [0.2, 0.25) is 0 Å². The number of carboxylic acid groups (broad SMARTS) is 1. The Balaban J connectivity index is 1.67. The third-order valence-corrected chi connectivity index (χ3v) is 9.25. The van der Waals surface area contributed by atoms with Crippen LogP contribution in [0.1, 0.15) is 112 Å². The summed E-state index contributed by atoms with van der Waals surface area (Å²) in [6, 6.07) is 4.39. The van der Waals surface area contributed by atoms with Gasteiger partial charge in [-0.1, -0.05) is 37.5 Å². The quantitative estimate of drug-likeness (QED) is 0.393. The van der Waals surface area contributed by atoms with Crippen LogP contribution in [0.3, 0.4) is 0 Å². The maximum atomic E-state index is 13.5. The van der Waals surface area contributed by atoms with E-state index in [0.717, 1.165) is 60.3 Å². The van der Waals surface area contributed by atoms with Gasteiger partial charge >= 0.3 is 12.1 Å². The highest BCUT2D eigenvalue weighted by Crippen LogP contribution is 2.53.